The molecule has 2 aromatic rings. The van der Waals surface area contributed by atoms with Crippen molar-refractivity contribution in [3.63, 3.8) is 0 Å². The summed E-state index contributed by atoms with van der Waals surface area (Å²) in [6.45, 7) is 1.81. The second-order valence-electron chi connectivity index (χ2n) is 5.59. The molecule has 0 saturated heterocycles. The van der Waals surface area contributed by atoms with Crippen molar-refractivity contribution < 1.29 is 19.8 Å². The molecule has 0 aromatic heterocycles. The van der Waals surface area contributed by atoms with E-state index in [0.29, 0.717) is 18.4 Å². The van der Waals surface area contributed by atoms with Gasteiger partial charge in [-0.15, -0.1) is 0 Å². The van der Waals surface area contributed by atoms with Gasteiger partial charge in [-0.1, -0.05) is 43.3 Å². The molecule has 0 aliphatic heterocycles. The first-order chi connectivity index (χ1) is 11.0. The summed E-state index contributed by atoms with van der Waals surface area (Å²) in [6, 6.07) is 14.2. The summed E-state index contributed by atoms with van der Waals surface area (Å²) < 4.78 is 0. The van der Waals surface area contributed by atoms with Crippen molar-refractivity contribution in [2.45, 2.75) is 32.1 Å². The topological polar surface area (TPSA) is 74.6 Å². The lowest BCUT2D eigenvalue weighted by molar-refractivity contribution is -0.137. The van der Waals surface area contributed by atoms with Crippen molar-refractivity contribution in [3.05, 3.63) is 65.2 Å². The molecule has 0 heterocycles. The molecule has 2 N–H and O–H groups in total. The van der Waals surface area contributed by atoms with Gasteiger partial charge in [-0.25, -0.2) is 0 Å². The molecule has 2 aromatic carbocycles. The predicted octanol–water partition coefficient (Wildman–Crippen LogP) is 3.79. The molecular formula is C19H20O4. The summed E-state index contributed by atoms with van der Waals surface area (Å²) >= 11 is 0. The Balaban J connectivity index is 2.05. The number of aromatic hydroxyl groups is 1. The molecule has 0 spiro atoms. The van der Waals surface area contributed by atoms with Crippen molar-refractivity contribution in [1.29, 1.82) is 0 Å². The zero-order chi connectivity index (χ0) is 16.8. The number of phenolic OH excluding ortho intramolecular Hbond substituents is 1. The molecule has 0 saturated carbocycles. The lowest BCUT2D eigenvalue weighted by atomic mass is 9.91. The van der Waals surface area contributed by atoms with Gasteiger partial charge in [0.05, 0.1) is 5.56 Å². The highest BCUT2D eigenvalue weighted by Crippen LogP contribution is 2.26. The largest absolute Gasteiger partial charge is 0.507 e. The van der Waals surface area contributed by atoms with Gasteiger partial charge in [0.2, 0.25) is 0 Å². The van der Waals surface area contributed by atoms with E-state index in [0.717, 1.165) is 11.1 Å². The molecule has 0 amide bonds. The fourth-order valence-electron chi connectivity index (χ4n) is 2.48. The van der Waals surface area contributed by atoms with Crippen LogP contribution in [0.15, 0.2) is 48.5 Å². The smallest absolute Gasteiger partial charge is 0.303 e. The predicted molar refractivity (Wildman–Crippen MR) is 87.9 cm³/mol. The van der Waals surface area contributed by atoms with Crippen LogP contribution in [-0.2, 0) is 11.2 Å². The van der Waals surface area contributed by atoms with Gasteiger partial charge < -0.3 is 10.2 Å². The summed E-state index contributed by atoms with van der Waals surface area (Å²) in [6.07, 6.45) is 1.46. The van der Waals surface area contributed by atoms with E-state index in [1.54, 1.807) is 18.2 Å². The Morgan fingerprint density at radius 3 is 2.30 bits per heavy atom. The molecule has 23 heavy (non-hydrogen) atoms. The molecule has 0 unspecified atom stereocenters. The van der Waals surface area contributed by atoms with Gasteiger partial charge in [0.1, 0.15) is 5.75 Å². The Morgan fingerprint density at radius 1 is 1.04 bits per heavy atom. The first kappa shape index (κ1) is 16.7. The number of aryl methyl sites for hydroxylation is 1. The van der Waals surface area contributed by atoms with Crippen molar-refractivity contribution >= 4 is 11.8 Å². The number of para-hydroxylation sites is 1. The minimum absolute atomic E-state index is 0.00496. The van der Waals surface area contributed by atoms with E-state index in [1.165, 1.54) is 6.07 Å². The zero-order valence-electron chi connectivity index (χ0n) is 13.0. The highest BCUT2D eigenvalue weighted by molar-refractivity contribution is 6.02. The molecule has 4 heteroatoms. The minimum atomic E-state index is -0.788. The maximum absolute atomic E-state index is 12.5. The van der Waals surface area contributed by atoms with Crippen molar-refractivity contribution in [2.75, 3.05) is 0 Å². The van der Waals surface area contributed by atoms with Crippen LogP contribution >= 0.6 is 0 Å². The average Bonchev–Trinajstić information content (AvgIpc) is 2.54. The number of phenols is 1. The maximum Gasteiger partial charge on any atom is 0.303 e. The zero-order valence-corrected chi connectivity index (χ0v) is 13.0. The van der Waals surface area contributed by atoms with Gasteiger partial charge in [-0.3, -0.25) is 9.59 Å². The van der Waals surface area contributed by atoms with E-state index < -0.39 is 5.97 Å². The lowest BCUT2D eigenvalue weighted by Crippen LogP contribution is -2.10. The standard InChI is InChI=1S/C19H20O4/c1-13(19(23)16-6-2-3-7-17(16)20)15-11-9-14(10-12-15)5-4-8-18(21)22/h2-3,6-7,9-13,20H,4-5,8H2,1H3,(H,21,22)/t13-/m1/s1. The third-order valence-electron chi connectivity index (χ3n) is 3.90. The number of aliphatic carboxylic acids is 1. The SMILES string of the molecule is C[C@@H](C(=O)c1ccccc1O)c1ccc(CCCC(=O)O)cc1. The fraction of sp³-hybridized carbons (Fsp3) is 0.263. The van der Waals surface area contributed by atoms with Gasteiger partial charge in [-0.2, -0.15) is 0 Å². The second-order valence-corrected chi connectivity index (χ2v) is 5.59. The summed E-state index contributed by atoms with van der Waals surface area (Å²) in [5, 5.41) is 18.4. The van der Waals surface area contributed by atoms with E-state index in [-0.39, 0.29) is 23.9 Å². The number of carboxylic acids is 1. The molecule has 0 aliphatic rings. The highest BCUT2D eigenvalue weighted by Gasteiger charge is 2.19. The Kier molecular flexibility index (Phi) is 5.52. The summed E-state index contributed by atoms with van der Waals surface area (Å²) in [4.78, 5) is 23.0. The molecule has 2 rings (SSSR count). The monoisotopic (exact) mass is 312 g/mol. The van der Waals surface area contributed by atoms with Gasteiger partial charge in [0.25, 0.3) is 0 Å². The number of rotatable bonds is 7. The van der Waals surface area contributed by atoms with Crippen LogP contribution in [0, 0.1) is 0 Å². The first-order valence-electron chi connectivity index (χ1n) is 7.62. The Hall–Kier alpha value is -2.62. The maximum atomic E-state index is 12.5. The number of Topliss-reactive ketones (excluding diaryl/α,β-unsaturated/α-hetero) is 1. The van der Waals surface area contributed by atoms with Crippen LogP contribution in [-0.4, -0.2) is 22.0 Å². The van der Waals surface area contributed by atoms with Crippen LogP contribution in [0.1, 0.15) is 47.2 Å². The first-order valence-corrected chi connectivity index (χ1v) is 7.62. The number of benzene rings is 2. The van der Waals surface area contributed by atoms with Crippen molar-refractivity contribution in [1.82, 2.24) is 0 Å². The molecule has 0 aliphatic carbocycles. The number of ketones is 1. The molecular weight excluding hydrogens is 292 g/mol. The Labute approximate surface area is 135 Å². The molecule has 1 atom stereocenters. The summed E-state index contributed by atoms with van der Waals surface area (Å²) in [5.74, 6) is -1.27. The second kappa shape index (κ2) is 7.58. The Bertz CT molecular complexity index is 689. The van der Waals surface area contributed by atoms with Crippen LogP contribution in [0.25, 0.3) is 0 Å². The minimum Gasteiger partial charge on any atom is -0.507 e. The van der Waals surface area contributed by atoms with Crippen molar-refractivity contribution in [2.24, 2.45) is 0 Å². The number of hydrogen-bond acceptors (Lipinski definition) is 3. The van der Waals surface area contributed by atoms with Gasteiger partial charge in [0, 0.05) is 12.3 Å². The molecule has 120 valence electrons. The number of hydrogen-bond donors (Lipinski definition) is 2. The quantitative estimate of drug-likeness (QED) is 0.763. The average molecular weight is 312 g/mol. The Morgan fingerprint density at radius 2 is 1.70 bits per heavy atom. The third-order valence-corrected chi connectivity index (χ3v) is 3.90. The van der Waals surface area contributed by atoms with E-state index in [4.69, 9.17) is 5.11 Å². The van der Waals surface area contributed by atoms with Gasteiger partial charge in [0.15, 0.2) is 5.78 Å². The third kappa shape index (κ3) is 4.42. The lowest BCUT2D eigenvalue weighted by Gasteiger charge is -2.12. The van der Waals surface area contributed by atoms with E-state index in [1.807, 2.05) is 31.2 Å². The normalized spacial score (nSPS) is 11.9. The summed E-state index contributed by atoms with van der Waals surface area (Å²) in [5.41, 5.74) is 2.25. The van der Waals surface area contributed by atoms with Crippen LogP contribution < -0.4 is 0 Å². The van der Waals surface area contributed by atoms with Crippen molar-refractivity contribution in [3.8, 4) is 5.75 Å². The van der Waals surface area contributed by atoms with Gasteiger partial charge >= 0.3 is 5.97 Å². The van der Waals surface area contributed by atoms with Crippen LogP contribution in [0.5, 0.6) is 5.75 Å². The number of carboxylic acid groups (broad SMARTS) is 1. The van der Waals surface area contributed by atoms with Crippen LogP contribution in [0.2, 0.25) is 0 Å². The van der Waals surface area contributed by atoms with E-state index >= 15 is 0 Å². The molecule has 0 radical (unpaired) electrons. The number of carbonyl (C=O) groups is 2. The van der Waals surface area contributed by atoms with E-state index in [2.05, 4.69) is 0 Å². The summed E-state index contributed by atoms with van der Waals surface area (Å²) in [7, 11) is 0. The van der Waals surface area contributed by atoms with E-state index in [9.17, 15) is 14.7 Å². The molecule has 0 fully saturated rings. The molecule has 4 nitrogen and oxygen atoms in total. The van der Waals surface area contributed by atoms with Crippen LogP contribution in [0.3, 0.4) is 0 Å². The van der Waals surface area contributed by atoms with Crippen LogP contribution in [0.4, 0.5) is 0 Å². The highest BCUT2D eigenvalue weighted by atomic mass is 16.4. The fourth-order valence-corrected chi connectivity index (χ4v) is 2.48. The van der Waals surface area contributed by atoms with Gasteiger partial charge in [-0.05, 0) is 36.1 Å². The number of carbonyl (C=O) groups excluding carboxylic acids is 1. The molecule has 0 bridgehead atoms.